The zero-order valence-electron chi connectivity index (χ0n) is 11.8. The number of hydrogen-bond donors (Lipinski definition) is 1. The summed E-state index contributed by atoms with van der Waals surface area (Å²) < 4.78 is 24.2. The lowest BCUT2D eigenvalue weighted by atomic mass is 9.98. The molecular formula is C15H22ClNO2S. The Morgan fingerprint density at radius 3 is 2.65 bits per heavy atom. The Kier molecular flexibility index (Phi) is 5.33. The van der Waals surface area contributed by atoms with Gasteiger partial charge in [-0.25, -0.2) is 8.42 Å². The van der Waals surface area contributed by atoms with Crippen LogP contribution in [0, 0.1) is 11.8 Å². The molecule has 5 heteroatoms. The minimum atomic E-state index is -3.18. The van der Waals surface area contributed by atoms with E-state index in [1.165, 1.54) is 19.3 Å². The Morgan fingerprint density at radius 1 is 1.25 bits per heavy atom. The molecule has 1 aliphatic carbocycles. The van der Waals surface area contributed by atoms with Crippen LogP contribution in [-0.2, 0) is 9.84 Å². The molecule has 1 aromatic carbocycles. The number of sulfone groups is 1. The summed E-state index contributed by atoms with van der Waals surface area (Å²) in [7, 11) is -3.18. The van der Waals surface area contributed by atoms with Crippen LogP contribution in [0.5, 0.6) is 0 Å². The van der Waals surface area contributed by atoms with Crippen LogP contribution >= 0.6 is 11.6 Å². The molecule has 0 aromatic heterocycles. The summed E-state index contributed by atoms with van der Waals surface area (Å²) in [5.41, 5.74) is 0.717. The Bertz CT molecular complexity index is 545. The fourth-order valence-corrected chi connectivity index (χ4v) is 4.34. The second-order valence-electron chi connectivity index (χ2n) is 5.39. The van der Waals surface area contributed by atoms with Crippen molar-refractivity contribution in [2.24, 2.45) is 11.8 Å². The van der Waals surface area contributed by atoms with E-state index in [1.807, 2.05) is 12.1 Å². The molecule has 1 fully saturated rings. The lowest BCUT2D eigenvalue weighted by Crippen LogP contribution is -2.20. The summed E-state index contributed by atoms with van der Waals surface area (Å²) >= 11 is 5.99. The summed E-state index contributed by atoms with van der Waals surface area (Å²) in [6, 6.07) is 7.15. The first kappa shape index (κ1) is 15.6. The Morgan fingerprint density at radius 2 is 1.95 bits per heavy atom. The molecule has 112 valence electrons. The fourth-order valence-electron chi connectivity index (χ4n) is 2.87. The van der Waals surface area contributed by atoms with Gasteiger partial charge < -0.3 is 5.32 Å². The maximum Gasteiger partial charge on any atom is 0.180 e. The number of alkyl halides is 1. The molecule has 1 aromatic rings. The van der Waals surface area contributed by atoms with Crippen LogP contribution in [0.3, 0.4) is 0 Å². The summed E-state index contributed by atoms with van der Waals surface area (Å²) in [5, 5.41) is 3.32. The largest absolute Gasteiger partial charge is 0.384 e. The predicted molar refractivity (Wildman–Crippen MR) is 84.2 cm³/mol. The maximum atomic E-state index is 12.1. The van der Waals surface area contributed by atoms with Crippen molar-refractivity contribution in [3.05, 3.63) is 24.3 Å². The highest BCUT2D eigenvalue weighted by Gasteiger charge is 2.26. The first-order valence-electron chi connectivity index (χ1n) is 7.20. The predicted octanol–water partition coefficient (Wildman–Crippen LogP) is 3.55. The molecule has 0 saturated heterocycles. The molecule has 0 radical (unpaired) electrons. The van der Waals surface area contributed by atoms with Gasteiger partial charge in [-0.05, 0) is 36.8 Å². The van der Waals surface area contributed by atoms with E-state index in [-0.39, 0.29) is 5.75 Å². The van der Waals surface area contributed by atoms with E-state index in [1.54, 1.807) is 19.1 Å². The topological polar surface area (TPSA) is 46.2 Å². The second kappa shape index (κ2) is 6.81. The molecule has 0 bridgehead atoms. The summed E-state index contributed by atoms with van der Waals surface area (Å²) in [6.07, 6.45) is 3.58. The smallest absolute Gasteiger partial charge is 0.180 e. The van der Waals surface area contributed by atoms with Crippen molar-refractivity contribution in [3.8, 4) is 0 Å². The van der Waals surface area contributed by atoms with E-state index in [0.29, 0.717) is 22.6 Å². The molecule has 3 nitrogen and oxygen atoms in total. The van der Waals surface area contributed by atoms with Crippen molar-refractivity contribution in [3.63, 3.8) is 0 Å². The fraction of sp³-hybridized carbons (Fsp3) is 0.600. The average Bonchev–Trinajstić information content (AvgIpc) is 2.93. The molecule has 1 N–H and O–H groups in total. The normalized spacial score (nSPS) is 22.9. The van der Waals surface area contributed by atoms with Crippen LogP contribution < -0.4 is 5.32 Å². The van der Waals surface area contributed by atoms with Gasteiger partial charge in [0.2, 0.25) is 0 Å². The van der Waals surface area contributed by atoms with Crippen LogP contribution in [0.4, 0.5) is 5.69 Å². The number of halogens is 1. The number of rotatable bonds is 6. The highest BCUT2D eigenvalue weighted by atomic mass is 35.5. The van der Waals surface area contributed by atoms with Gasteiger partial charge in [-0.2, -0.15) is 0 Å². The minimum Gasteiger partial charge on any atom is -0.384 e. The van der Waals surface area contributed by atoms with Crippen molar-refractivity contribution in [1.82, 2.24) is 0 Å². The molecule has 1 aliphatic rings. The molecule has 20 heavy (non-hydrogen) atoms. The van der Waals surface area contributed by atoms with Gasteiger partial charge in [0.05, 0.1) is 16.3 Å². The van der Waals surface area contributed by atoms with Crippen LogP contribution in [0.15, 0.2) is 29.2 Å². The third kappa shape index (κ3) is 3.47. The standard InChI is InChI=1S/C15H22ClNO2S/c1-2-20(18,19)15-9-4-3-8-14(15)17-11-13-7-5-6-12(13)10-16/h3-4,8-9,12-13,17H,2,5-7,10-11H2,1H3. The molecule has 2 unspecified atom stereocenters. The molecular weight excluding hydrogens is 294 g/mol. The van der Waals surface area contributed by atoms with E-state index in [9.17, 15) is 8.42 Å². The molecule has 0 aliphatic heterocycles. The first-order chi connectivity index (χ1) is 9.58. The van der Waals surface area contributed by atoms with Crippen LogP contribution in [0.25, 0.3) is 0 Å². The molecule has 0 spiro atoms. The van der Waals surface area contributed by atoms with Gasteiger partial charge >= 0.3 is 0 Å². The van der Waals surface area contributed by atoms with E-state index < -0.39 is 9.84 Å². The monoisotopic (exact) mass is 315 g/mol. The van der Waals surface area contributed by atoms with Gasteiger partial charge in [0.1, 0.15) is 0 Å². The van der Waals surface area contributed by atoms with Crippen molar-refractivity contribution < 1.29 is 8.42 Å². The first-order valence-corrected chi connectivity index (χ1v) is 9.38. The van der Waals surface area contributed by atoms with Crippen LogP contribution in [-0.4, -0.2) is 26.6 Å². The van der Waals surface area contributed by atoms with E-state index in [4.69, 9.17) is 11.6 Å². The summed E-state index contributed by atoms with van der Waals surface area (Å²) in [4.78, 5) is 0.405. The zero-order valence-corrected chi connectivity index (χ0v) is 13.4. The summed E-state index contributed by atoms with van der Waals surface area (Å²) in [5.74, 6) is 1.92. The SMILES string of the molecule is CCS(=O)(=O)c1ccccc1NCC1CCCC1CCl. The number of benzene rings is 1. The number of hydrogen-bond acceptors (Lipinski definition) is 3. The quantitative estimate of drug-likeness (QED) is 0.817. The average molecular weight is 316 g/mol. The third-order valence-electron chi connectivity index (χ3n) is 4.17. The third-order valence-corrected chi connectivity index (χ3v) is 6.35. The number of para-hydroxylation sites is 1. The van der Waals surface area contributed by atoms with Crippen LogP contribution in [0.2, 0.25) is 0 Å². The van der Waals surface area contributed by atoms with Gasteiger partial charge in [0.25, 0.3) is 0 Å². The number of nitrogens with one attached hydrogen (secondary N) is 1. The highest BCUT2D eigenvalue weighted by molar-refractivity contribution is 7.91. The van der Waals surface area contributed by atoms with E-state index >= 15 is 0 Å². The Labute approximate surface area is 126 Å². The van der Waals surface area contributed by atoms with Crippen molar-refractivity contribution in [2.75, 3.05) is 23.5 Å². The van der Waals surface area contributed by atoms with Gasteiger partial charge in [0.15, 0.2) is 9.84 Å². The molecule has 2 atom stereocenters. The van der Waals surface area contributed by atoms with Gasteiger partial charge in [-0.3, -0.25) is 0 Å². The van der Waals surface area contributed by atoms with Crippen molar-refractivity contribution in [1.29, 1.82) is 0 Å². The maximum absolute atomic E-state index is 12.1. The molecule has 0 amide bonds. The minimum absolute atomic E-state index is 0.124. The number of anilines is 1. The Hall–Kier alpha value is -0.740. The van der Waals surface area contributed by atoms with Crippen molar-refractivity contribution >= 4 is 27.1 Å². The lowest BCUT2D eigenvalue weighted by Gasteiger charge is -2.19. The summed E-state index contributed by atoms with van der Waals surface area (Å²) in [6.45, 7) is 2.47. The lowest BCUT2D eigenvalue weighted by molar-refractivity contribution is 0.444. The van der Waals surface area contributed by atoms with E-state index in [0.717, 1.165) is 12.2 Å². The van der Waals surface area contributed by atoms with Gasteiger partial charge in [-0.1, -0.05) is 25.5 Å². The molecule has 1 saturated carbocycles. The molecule has 2 rings (SSSR count). The molecule has 0 heterocycles. The van der Waals surface area contributed by atoms with Crippen molar-refractivity contribution in [2.45, 2.75) is 31.1 Å². The van der Waals surface area contributed by atoms with E-state index in [2.05, 4.69) is 5.32 Å². The zero-order chi connectivity index (χ0) is 14.6. The van der Waals surface area contributed by atoms with Gasteiger partial charge in [0, 0.05) is 12.4 Å². The van der Waals surface area contributed by atoms with Crippen LogP contribution in [0.1, 0.15) is 26.2 Å². The highest BCUT2D eigenvalue weighted by Crippen LogP contribution is 2.33. The van der Waals surface area contributed by atoms with Gasteiger partial charge in [-0.15, -0.1) is 11.6 Å². The Balaban J connectivity index is 2.10. The second-order valence-corrected chi connectivity index (χ2v) is 7.94.